The number of nitrogen functional groups attached to an aromatic ring is 1. The van der Waals surface area contributed by atoms with Gasteiger partial charge in [0.05, 0.1) is 6.10 Å². The van der Waals surface area contributed by atoms with Gasteiger partial charge in [-0.3, -0.25) is 15.0 Å². The number of amidine groups is 1. The normalized spacial score (nSPS) is 15.2. The molecule has 1 unspecified atom stereocenters. The van der Waals surface area contributed by atoms with E-state index in [0.29, 0.717) is 56.3 Å². The van der Waals surface area contributed by atoms with E-state index in [0.717, 1.165) is 0 Å². The summed E-state index contributed by atoms with van der Waals surface area (Å²) >= 11 is 0. The lowest BCUT2D eigenvalue weighted by atomic mass is 9.95. The average molecular weight is 562 g/mol. The molecule has 1 saturated heterocycles. The lowest BCUT2D eigenvalue weighted by molar-refractivity contribution is -0.163. The number of piperidine rings is 1. The average Bonchev–Trinajstić information content (AvgIpc) is 2.85. The molecule has 1 aliphatic rings. The summed E-state index contributed by atoms with van der Waals surface area (Å²) in [4.78, 5) is 51.2. The van der Waals surface area contributed by atoms with E-state index in [9.17, 15) is 19.2 Å². The minimum atomic E-state index is -1.13. The summed E-state index contributed by atoms with van der Waals surface area (Å²) in [7, 11) is 0. The molecule has 222 valence electrons. The summed E-state index contributed by atoms with van der Waals surface area (Å²) in [6.45, 7) is 9.54. The number of carbonyl (C=O) groups excluding carboxylic acids is 3. The van der Waals surface area contributed by atoms with Crippen LogP contribution in [0.5, 0.6) is 0 Å². The molecule has 1 aliphatic heterocycles. The summed E-state index contributed by atoms with van der Waals surface area (Å²) in [6, 6.07) is 5.40. The van der Waals surface area contributed by atoms with E-state index in [1.54, 1.807) is 63.8 Å². The lowest BCUT2D eigenvalue weighted by Crippen LogP contribution is -2.51. The summed E-state index contributed by atoms with van der Waals surface area (Å²) < 4.78 is 11.0. The van der Waals surface area contributed by atoms with Gasteiger partial charge in [0.15, 0.2) is 0 Å². The first-order chi connectivity index (χ1) is 18.6. The van der Waals surface area contributed by atoms with Gasteiger partial charge in [0.25, 0.3) is 5.91 Å². The Labute approximate surface area is 235 Å². The quantitative estimate of drug-likeness (QED) is 0.146. The van der Waals surface area contributed by atoms with Crippen LogP contribution in [0.1, 0.15) is 82.6 Å². The zero-order valence-electron chi connectivity index (χ0n) is 24.0. The predicted molar refractivity (Wildman–Crippen MR) is 149 cm³/mol. The maximum Gasteiger partial charge on any atom is 0.405 e. The number of carboxylic acid groups (broad SMARTS) is 1. The second-order valence-corrected chi connectivity index (χ2v) is 11.6. The third kappa shape index (κ3) is 11.2. The van der Waals surface area contributed by atoms with Crippen molar-refractivity contribution in [3.8, 4) is 0 Å². The van der Waals surface area contributed by atoms with E-state index in [2.05, 4.69) is 10.6 Å². The van der Waals surface area contributed by atoms with Crippen molar-refractivity contribution in [3.63, 3.8) is 0 Å². The van der Waals surface area contributed by atoms with E-state index in [4.69, 9.17) is 25.7 Å². The molecule has 0 spiro atoms. The van der Waals surface area contributed by atoms with Gasteiger partial charge in [-0.1, -0.05) is 12.1 Å². The Bertz CT molecular complexity index is 1060. The molecule has 0 aliphatic carbocycles. The van der Waals surface area contributed by atoms with Crippen LogP contribution in [0.4, 0.5) is 4.79 Å². The van der Waals surface area contributed by atoms with Crippen LogP contribution in [0.25, 0.3) is 0 Å². The molecule has 6 N–H and O–H groups in total. The Morgan fingerprint density at radius 1 is 1.07 bits per heavy atom. The molecular weight excluding hydrogens is 518 g/mol. The Balaban J connectivity index is 2.02. The lowest BCUT2D eigenvalue weighted by Gasteiger charge is -2.34. The van der Waals surface area contributed by atoms with E-state index < -0.39 is 35.2 Å². The van der Waals surface area contributed by atoms with Gasteiger partial charge in [0.1, 0.15) is 24.1 Å². The molecule has 12 heteroatoms. The van der Waals surface area contributed by atoms with Gasteiger partial charge in [-0.25, -0.2) is 9.59 Å². The predicted octanol–water partition coefficient (Wildman–Crippen LogP) is 2.63. The number of hydrogen-bond acceptors (Lipinski definition) is 7. The van der Waals surface area contributed by atoms with Gasteiger partial charge >= 0.3 is 12.1 Å². The fraction of sp³-hybridized carbons (Fsp3) is 0.607. The first kappa shape index (κ1) is 32.5. The third-order valence-corrected chi connectivity index (χ3v) is 6.41. The van der Waals surface area contributed by atoms with Crippen molar-refractivity contribution in [1.82, 2.24) is 15.5 Å². The first-order valence-electron chi connectivity index (χ1n) is 13.4. The van der Waals surface area contributed by atoms with Gasteiger partial charge in [0, 0.05) is 29.8 Å². The topological polar surface area (TPSA) is 184 Å². The van der Waals surface area contributed by atoms with E-state index >= 15 is 0 Å². The molecule has 1 aromatic carbocycles. The molecule has 1 aromatic rings. The largest absolute Gasteiger partial charge is 0.465 e. The van der Waals surface area contributed by atoms with Crippen molar-refractivity contribution in [1.29, 1.82) is 5.41 Å². The molecular formula is C28H43N5O7. The number of ether oxygens (including phenoxy) is 2. The zero-order valence-corrected chi connectivity index (χ0v) is 24.0. The van der Waals surface area contributed by atoms with E-state index in [1.165, 1.54) is 0 Å². The molecule has 0 saturated carbocycles. The molecule has 0 aromatic heterocycles. The van der Waals surface area contributed by atoms with E-state index in [1.807, 2.05) is 0 Å². The molecule has 3 amide bonds. The molecule has 0 bridgehead atoms. The molecule has 40 heavy (non-hydrogen) atoms. The van der Waals surface area contributed by atoms with Crippen LogP contribution in [0.15, 0.2) is 24.3 Å². The summed E-state index contributed by atoms with van der Waals surface area (Å²) in [5.74, 6) is -1.23. The SMILES string of the molecule is CC(C)(CCCC(NC(=O)c1ccc(C(=N)N)cc1)C(=O)N1CCC(OCC(=O)OC(C)(C)C)CC1)NC(=O)O. The maximum atomic E-state index is 13.5. The zero-order chi connectivity index (χ0) is 30.1. The van der Waals surface area contributed by atoms with Gasteiger partial charge in [-0.2, -0.15) is 0 Å². The van der Waals surface area contributed by atoms with Crippen molar-refractivity contribution in [2.45, 2.75) is 90.0 Å². The Morgan fingerprint density at radius 2 is 1.65 bits per heavy atom. The van der Waals surface area contributed by atoms with Crippen LogP contribution < -0.4 is 16.4 Å². The number of esters is 1. The molecule has 1 atom stereocenters. The highest BCUT2D eigenvalue weighted by Gasteiger charge is 2.31. The van der Waals surface area contributed by atoms with Crippen LogP contribution in [0.2, 0.25) is 0 Å². The van der Waals surface area contributed by atoms with Crippen LogP contribution >= 0.6 is 0 Å². The van der Waals surface area contributed by atoms with Crippen molar-refractivity contribution >= 4 is 29.7 Å². The number of likely N-dealkylation sites (tertiary alicyclic amines) is 1. The maximum absolute atomic E-state index is 13.5. The number of carbonyl (C=O) groups is 4. The number of nitrogens with two attached hydrogens (primary N) is 1. The number of amides is 3. The van der Waals surface area contributed by atoms with Crippen molar-refractivity contribution < 1.29 is 33.8 Å². The summed E-state index contributed by atoms with van der Waals surface area (Å²) in [5, 5.41) is 21.9. The fourth-order valence-corrected chi connectivity index (χ4v) is 4.42. The molecule has 12 nitrogen and oxygen atoms in total. The van der Waals surface area contributed by atoms with Crippen LogP contribution in [0, 0.1) is 5.41 Å². The van der Waals surface area contributed by atoms with Crippen LogP contribution in [-0.4, -0.2) is 82.7 Å². The fourth-order valence-electron chi connectivity index (χ4n) is 4.42. The number of rotatable bonds is 12. The standard InChI is InChI=1S/C28H43N5O7/c1-27(2,3)40-22(34)17-39-20-12-15-33(16-13-20)25(36)21(7-6-14-28(4,5)32-26(37)38)31-24(35)19-10-8-18(9-11-19)23(29)30/h8-11,20-21,32H,6-7,12-17H2,1-5H3,(H3,29,30)(H,31,35)(H,37,38). The highest BCUT2D eigenvalue weighted by atomic mass is 16.6. The summed E-state index contributed by atoms with van der Waals surface area (Å²) in [6.07, 6.45) is 1.03. The Morgan fingerprint density at radius 3 is 2.17 bits per heavy atom. The number of benzene rings is 1. The monoisotopic (exact) mass is 561 g/mol. The van der Waals surface area contributed by atoms with Gasteiger partial charge in [-0.15, -0.1) is 0 Å². The van der Waals surface area contributed by atoms with E-state index in [-0.39, 0.29) is 24.5 Å². The van der Waals surface area contributed by atoms with Crippen molar-refractivity contribution in [3.05, 3.63) is 35.4 Å². The minimum absolute atomic E-state index is 0.115. The van der Waals surface area contributed by atoms with Crippen LogP contribution in [0.3, 0.4) is 0 Å². The Kier molecular flexibility index (Phi) is 11.5. The van der Waals surface area contributed by atoms with Gasteiger partial charge in [0.2, 0.25) is 5.91 Å². The minimum Gasteiger partial charge on any atom is -0.465 e. The molecule has 1 fully saturated rings. The molecule has 0 radical (unpaired) electrons. The van der Waals surface area contributed by atoms with Crippen molar-refractivity contribution in [2.75, 3.05) is 19.7 Å². The highest BCUT2D eigenvalue weighted by molar-refractivity contribution is 5.99. The van der Waals surface area contributed by atoms with Gasteiger partial charge in [-0.05, 0) is 78.9 Å². The van der Waals surface area contributed by atoms with Crippen LogP contribution in [-0.2, 0) is 19.1 Å². The molecule has 2 rings (SSSR count). The number of hydrogen-bond donors (Lipinski definition) is 5. The number of nitrogens with zero attached hydrogens (tertiary/aromatic N) is 1. The summed E-state index contributed by atoms with van der Waals surface area (Å²) in [5.41, 5.74) is 5.00. The smallest absolute Gasteiger partial charge is 0.405 e. The highest BCUT2D eigenvalue weighted by Crippen LogP contribution is 2.19. The third-order valence-electron chi connectivity index (χ3n) is 6.41. The second-order valence-electron chi connectivity index (χ2n) is 11.6. The molecule has 1 heterocycles. The van der Waals surface area contributed by atoms with Crippen molar-refractivity contribution in [2.24, 2.45) is 5.73 Å². The first-order valence-corrected chi connectivity index (χ1v) is 13.4. The second kappa shape index (κ2) is 14.1. The Hall–Kier alpha value is -3.67. The number of nitrogens with one attached hydrogen (secondary N) is 3. The van der Waals surface area contributed by atoms with Gasteiger partial charge < -0.3 is 35.8 Å².